The van der Waals surface area contributed by atoms with Crippen LogP contribution in [0.1, 0.15) is 38.7 Å². The Morgan fingerprint density at radius 1 is 1.48 bits per heavy atom. The van der Waals surface area contributed by atoms with E-state index in [2.05, 4.69) is 4.72 Å². The lowest BCUT2D eigenvalue weighted by molar-refractivity contribution is -0.134. The number of nitriles is 1. The van der Waals surface area contributed by atoms with Gasteiger partial charge in [0, 0.05) is 25.4 Å². The van der Waals surface area contributed by atoms with Gasteiger partial charge in [0.2, 0.25) is 5.91 Å². The normalized spacial score (nSPS) is 17.4. The number of benzene rings is 1. The maximum Gasteiger partial charge on any atom is 0.296 e. The van der Waals surface area contributed by atoms with Gasteiger partial charge in [-0.05, 0) is 30.9 Å². The third-order valence-electron chi connectivity index (χ3n) is 4.32. The van der Waals surface area contributed by atoms with Crippen molar-refractivity contribution in [2.75, 3.05) is 24.4 Å². The number of nitrogens with two attached hydrogens (primary N) is 1. The number of carbonyl (C=O) groups excluding carboxylic acids is 1. The number of rotatable bonds is 7. The van der Waals surface area contributed by atoms with Gasteiger partial charge in [-0.3, -0.25) is 9.52 Å². The summed E-state index contributed by atoms with van der Waals surface area (Å²) in [4.78, 5) is 14.1. The van der Waals surface area contributed by atoms with Crippen LogP contribution in [-0.2, 0) is 15.0 Å². The summed E-state index contributed by atoms with van der Waals surface area (Å²) in [7, 11) is -3.99. The van der Waals surface area contributed by atoms with E-state index >= 15 is 0 Å². The molecule has 0 bridgehead atoms. The van der Waals surface area contributed by atoms with E-state index in [1.165, 1.54) is 6.07 Å². The molecule has 148 valence electrons. The van der Waals surface area contributed by atoms with Crippen LogP contribution in [-0.4, -0.2) is 38.9 Å². The summed E-state index contributed by atoms with van der Waals surface area (Å²) in [6.07, 6.45) is 2.38. The molecule has 0 radical (unpaired) electrons. The lowest BCUT2D eigenvalue weighted by atomic mass is 9.98. The van der Waals surface area contributed by atoms with Crippen LogP contribution in [0.5, 0.6) is 5.75 Å². The molecule has 1 fully saturated rings. The SMILES string of the molecule is CC(C)CC(=O)N1CCC[C@@H](COc2cccc(NS(N)(=O)=O)c2C#N)C1. The lowest BCUT2D eigenvalue weighted by Crippen LogP contribution is -2.42. The maximum absolute atomic E-state index is 12.3. The first kappa shape index (κ1) is 21.0. The zero-order valence-corrected chi connectivity index (χ0v) is 16.5. The van der Waals surface area contributed by atoms with Gasteiger partial charge in [-0.15, -0.1) is 0 Å². The predicted octanol–water partition coefficient (Wildman–Crippen LogP) is 1.84. The van der Waals surface area contributed by atoms with E-state index in [4.69, 9.17) is 9.88 Å². The molecule has 1 aromatic rings. The molecule has 27 heavy (non-hydrogen) atoms. The van der Waals surface area contributed by atoms with Gasteiger partial charge in [0.15, 0.2) is 0 Å². The summed E-state index contributed by atoms with van der Waals surface area (Å²) in [5.41, 5.74) is 0.157. The first-order valence-corrected chi connectivity index (χ1v) is 10.5. The molecule has 8 nitrogen and oxygen atoms in total. The fourth-order valence-electron chi connectivity index (χ4n) is 3.12. The Kier molecular flexibility index (Phi) is 7.05. The summed E-state index contributed by atoms with van der Waals surface area (Å²) in [6, 6.07) is 6.59. The van der Waals surface area contributed by atoms with Crippen LogP contribution in [0.2, 0.25) is 0 Å². The zero-order chi connectivity index (χ0) is 20.0. The second kappa shape index (κ2) is 9.06. The average molecular weight is 394 g/mol. The van der Waals surface area contributed by atoms with Crippen molar-refractivity contribution >= 4 is 21.8 Å². The van der Waals surface area contributed by atoms with E-state index in [1.807, 2.05) is 24.8 Å². The minimum atomic E-state index is -3.99. The number of carbonyl (C=O) groups is 1. The molecule has 9 heteroatoms. The molecule has 3 N–H and O–H groups in total. The van der Waals surface area contributed by atoms with E-state index in [-0.39, 0.29) is 28.8 Å². The highest BCUT2D eigenvalue weighted by atomic mass is 32.2. The molecular formula is C18H26N4O4S. The van der Waals surface area contributed by atoms with Gasteiger partial charge >= 0.3 is 0 Å². The molecule has 0 aromatic heterocycles. The molecule has 0 spiro atoms. The number of nitrogens with one attached hydrogen (secondary N) is 1. The topological polar surface area (TPSA) is 126 Å². The molecule has 1 heterocycles. The Bertz CT molecular complexity index is 817. The minimum absolute atomic E-state index is 0.0786. The third kappa shape index (κ3) is 6.41. The Hall–Kier alpha value is -2.31. The third-order valence-corrected chi connectivity index (χ3v) is 4.82. The Morgan fingerprint density at radius 2 is 2.22 bits per heavy atom. The molecule has 1 aromatic carbocycles. The standard InChI is InChI=1S/C18H26N4O4S/c1-13(2)9-18(23)22-8-4-5-14(11-22)12-26-17-7-3-6-16(15(17)10-19)21-27(20,24)25/h3,6-7,13-14,21H,4-5,8-9,11-12H2,1-2H3,(H2,20,24,25)/t14-/m1/s1. The number of hydrogen-bond acceptors (Lipinski definition) is 5. The summed E-state index contributed by atoms with van der Waals surface area (Å²) < 4.78 is 30.4. The van der Waals surface area contributed by atoms with Gasteiger partial charge < -0.3 is 9.64 Å². The molecule has 1 amide bonds. The Labute approximate surface area is 160 Å². The van der Waals surface area contributed by atoms with Crippen LogP contribution in [0.4, 0.5) is 5.69 Å². The fraction of sp³-hybridized carbons (Fsp3) is 0.556. The van der Waals surface area contributed by atoms with Crippen molar-refractivity contribution in [2.45, 2.75) is 33.1 Å². The molecule has 0 saturated carbocycles. The second-order valence-corrected chi connectivity index (χ2v) is 8.49. The molecule has 0 unspecified atom stereocenters. The van der Waals surface area contributed by atoms with Crippen molar-refractivity contribution in [1.82, 2.24) is 4.90 Å². The van der Waals surface area contributed by atoms with Gasteiger partial charge in [-0.25, -0.2) is 5.14 Å². The van der Waals surface area contributed by atoms with Gasteiger partial charge in [0.25, 0.3) is 10.2 Å². The second-order valence-electron chi connectivity index (χ2n) is 7.19. The summed E-state index contributed by atoms with van der Waals surface area (Å²) in [5, 5.41) is 14.4. The van der Waals surface area contributed by atoms with Crippen molar-refractivity contribution in [2.24, 2.45) is 17.0 Å². The highest BCUT2D eigenvalue weighted by Crippen LogP contribution is 2.27. The average Bonchev–Trinajstić information content (AvgIpc) is 2.58. The highest BCUT2D eigenvalue weighted by molar-refractivity contribution is 7.90. The van der Waals surface area contributed by atoms with Crippen LogP contribution < -0.4 is 14.6 Å². The maximum atomic E-state index is 12.3. The van der Waals surface area contributed by atoms with Crippen LogP contribution in [0.25, 0.3) is 0 Å². The van der Waals surface area contributed by atoms with E-state index in [9.17, 15) is 18.5 Å². The molecular weight excluding hydrogens is 368 g/mol. The number of anilines is 1. The number of amides is 1. The molecule has 1 aliphatic rings. The Morgan fingerprint density at radius 3 is 2.85 bits per heavy atom. The number of likely N-dealkylation sites (tertiary alicyclic amines) is 1. The van der Waals surface area contributed by atoms with E-state index in [0.29, 0.717) is 25.5 Å². The zero-order valence-electron chi connectivity index (χ0n) is 15.6. The lowest BCUT2D eigenvalue weighted by Gasteiger charge is -2.33. The summed E-state index contributed by atoms with van der Waals surface area (Å²) in [6.45, 7) is 5.78. The number of ether oxygens (including phenoxy) is 1. The van der Waals surface area contributed by atoms with Crippen molar-refractivity contribution in [3.05, 3.63) is 23.8 Å². The minimum Gasteiger partial charge on any atom is -0.492 e. The quantitative estimate of drug-likeness (QED) is 0.730. The van der Waals surface area contributed by atoms with Gasteiger partial charge in [0.1, 0.15) is 17.4 Å². The predicted molar refractivity (Wildman–Crippen MR) is 102 cm³/mol. The highest BCUT2D eigenvalue weighted by Gasteiger charge is 2.25. The number of nitrogens with zero attached hydrogens (tertiary/aromatic N) is 2. The fourth-order valence-corrected chi connectivity index (χ4v) is 3.60. The Balaban J connectivity index is 2.03. The van der Waals surface area contributed by atoms with E-state index in [0.717, 1.165) is 19.4 Å². The molecule has 1 atom stereocenters. The largest absolute Gasteiger partial charge is 0.492 e. The first-order valence-electron chi connectivity index (χ1n) is 8.94. The number of hydrogen-bond donors (Lipinski definition) is 2. The van der Waals surface area contributed by atoms with Gasteiger partial charge in [0.05, 0.1) is 12.3 Å². The molecule has 1 saturated heterocycles. The van der Waals surface area contributed by atoms with E-state index in [1.54, 1.807) is 12.1 Å². The van der Waals surface area contributed by atoms with Crippen LogP contribution >= 0.6 is 0 Å². The molecule has 0 aliphatic carbocycles. The van der Waals surface area contributed by atoms with Gasteiger partial charge in [-0.2, -0.15) is 13.7 Å². The monoisotopic (exact) mass is 394 g/mol. The van der Waals surface area contributed by atoms with Gasteiger partial charge in [-0.1, -0.05) is 19.9 Å². The van der Waals surface area contributed by atoms with E-state index < -0.39 is 10.2 Å². The first-order chi connectivity index (χ1) is 12.7. The summed E-state index contributed by atoms with van der Waals surface area (Å²) in [5.74, 6) is 0.932. The van der Waals surface area contributed by atoms with Crippen molar-refractivity contribution < 1.29 is 17.9 Å². The molecule has 2 rings (SSSR count). The van der Waals surface area contributed by atoms with Crippen molar-refractivity contribution in [1.29, 1.82) is 5.26 Å². The van der Waals surface area contributed by atoms with Crippen LogP contribution in [0.3, 0.4) is 0 Å². The smallest absolute Gasteiger partial charge is 0.296 e. The molecule has 1 aliphatic heterocycles. The number of piperidine rings is 1. The van der Waals surface area contributed by atoms with Crippen molar-refractivity contribution in [3.8, 4) is 11.8 Å². The van der Waals surface area contributed by atoms with Crippen LogP contribution in [0.15, 0.2) is 18.2 Å². The summed E-state index contributed by atoms with van der Waals surface area (Å²) >= 11 is 0. The van der Waals surface area contributed by atoms with Crippen LogP contribution in [0, 0.1) is 23.2 Å². The van der Waals surface area contributed by atoms with Crippen molar-refractivity contribution in [3.63, 3.8) is 0 Å².